The summed E-state index contributed by atoms with van der Waals surface area (Å²) in [5, 5.41) is 4.40. The maximum atomic E-state index is 11.5. The average molecular weight is 244 g/mol. The highest BCUT2D eigenvalue weighted by Crippen LogP contribution is 2.29. The minimum absolute atomic E-state index is 0.159. The zero-order chi connectivity index (χ0) is 13.0. The zero-order valence-corrected chi connectivity index (χ0v) is 9.88. The van der Waals surface area contributed by atoms with E-state index in [4.69, 9.17) is 10.3 Å². The van der Waals surface area contributed by atoms with Gasteiger partial charge in [0.25, 0.3) is 0 Å². The third kappa shape index (κ3) is 2.28. The van der Waals surface area contributed by atoms with Crippen LogP contribution < -0.4 is 0 Å². The highest BCUT2D eigenvalue weighted by atomic mass is 16.5. The molecule has 0 unspecified atom stereocenters. The van der Waals surface area contributed by atoms with Crippen LogP contribution >= 0.6 is 0 Å². The Morgan fingerprint density at radius 3 is 3.11 bits per heavy atom. The molecule has 0 fully saturated rings. The van der Waals surface area contributed by atoms with Crippen LogP contribution in [0.3, 0.4) is 0 Å². The van der Waals surface area contributed by atoms with Gasteiger partial charge in [-0.15, -0.1) is 0 Å². The van der Waals surface area contributed by atoms with Crippen molar-refractivity contribution in [2.45, 2.75) is 13.3 Å². The third-order valence-corrected chi connectivity index (χ3v) is 2.56. The number of esters is 1. The quantitative estimate of drug-likeness (QED) is 0.387. The van der Waals surface area contributed by atoms with Gasteiger partial charge < -0.3 is 9.72 Å². The molecule has 92 valence electrons. The summed E-state index contributed by atoms with van der Waals surface area (Å²) in [6.07, 6.45) is 1.89. The van der Waals surface area contributed by atoms with E-state index in [1.807, 2.05) is 6.07 Å². The lowest BCUT2D eigenvalue weighted by Crippen LogP contribution is -2.06. The van der Waals surface area contributed by atoms with E-state index >= 15 is 0 Å². The Morgan fingerprint density at radius 2 is 2.39 bits per heavy atom. The number of benzene rings is 1. The van der Waals surface area contributed by atoms with E-state index in [2.05, 4.69) is 15.0 Å². The molecule has 6 nitrogen and oxygen atoms in total. The third-order valence-electron chi connectivity index (χ3n) is 2.56. The Labute approximate surface area is 103 Å². The second-order valence-corrected chi connectivity index (χ2v) is 3.68. The number of fused-ring (bicyclic) bond motifs is 1. The van der Waals surface area contributed by atoms with E-state index in [1.165, 1.54) is 0 Å². The number of nitrogens with zero attached hydrogens (tertiary/aromatic N) is 3. The molecule has 1 aromatic carbocycles. The second kappa shape index (κ2) is 5.25. The number of hydrogen-bond donors (Lipinski definition) is 1. The number of azide groups is 1. The summed E-state index contributed by atoms with van der Waals surface area (Å²) in [4.78, 5) is 17.3. The number of H-pyrrole nitrogens is 1. The molecule has 0 saturated carbocycles. The van der Waals surface area contributed by atoms with Crippen LogP contribution in [0.1, 0.15) is 12.5 Å². The van der Waals surface area contributed by atoms with E-state index < -0.39 is 0 Å². The molecule has 1 N–H and O–H groups in total. The maximum Gasteiger partial charge on any atom is 0.310 e. The molecule has 6 heteroatoms. The van der Waals surface area contributed by atoms with E-state index in [9.17, 15) is 4.79 Å². The van der Waals surface area contributed by atoms with E-state index in [0.717, 1.165) is 16.5 Å². The molecule has 0 aliphatic heterocycles. The fourth-order valence-electron chi connectivity index (χ4n) is 1.87. The van der Waals surface area contributed by atoms with Crippen LogP contribution in [-0.4, -0.2) is 17.6 Å². The zero-order valence-electron chi connectivity index (χ0n) is 9.88. The van der Waals surface area contributed by atoms with Gasteiger partial charge in [-0.1, -0.05) is 17.2 Å². The summed E-state index contributed by atoms with van der Waals surface area (Å²) >= 11 is 0. The summed E-state index contributed by atoms with van der Waals surface area (Å²) in [6, 6.07) is 5.36. The number of nitrogens with one attached hydrogen (secondary N) is 1. The first-order valence-electron chi connectivity index (χ1n) is 5.56. The van der Waals surface area contributed by atoms with Gasteiger partial charge in [-0.25, -0.2) is 0 Å². The topological polar surface area (TPSA) is 90.9 Å². The van der Waals surface area contributed by atoms with Gasteiger partial charge in [0.1, 0.15) is 0 Å². The number of carbonyl (C=O) groups excluding carboxylic acids is 1. The average Bonchev–Trinajstić information content (AvgIpc) is 2.74. The van der Waals surface area contributed by atoms with Crippen molar-refractivity contribution in [3.63, 3.8) is 0 Å². The fraction of sp³-hybridized carbons (Fsp3) is 0.250. The Hall–Kier alpha value is -2.46. The molecule has 0 radical (unpaired) electrons. The van der Waals surface area contributed by atoms with E-state index in [0.29, 0.717) is 12.3 Å². The van der Waals surface area contributed by atoms with Crippen LogP contribution in [0.4, 0.5) is 5.69 Å². The summed E-state index contributed by atoms with van der Waals surface area (Å²) in [5.41, 5.74) is 10.6. The molecular weight excluding hydrogens is 232 g/mol. The number of ether oxygens (including phenoxy) is 1. The van der Waals surface area contributed by atoms with Gasteiger partial charge in [-0.3, -0.25) is 4.79 Å². The SMILES string of the molecule is CCOC(=O)Cc1c[nH]c2cccc(N=[N+]=[N-])c12. The lowest BCUT2D eigenvalue weighted by molar-refractivity contribution is -0.142. The summed E-state index contributed by atoms with van der Waals surface area (Å²) in [5.74, 6) is -0.297. The normalized spacial score (nSPS) is 10.1. The predicted molar refractivity (Wildman–Crippen MR) is 67.4 cm³/mol. The van der Waals surface area contributed by atoms with Crippen molar-refractivity contribution < 1.29 is 9.53 Å². The van der Waals surface area contributed by atoms with Crippen molar-refractivity contribution >= 4 is 22.6 Å². The number of carbonyl (C=O) groups is 1. The smallest absolute Gasteiger partial charge is 0.310 e. The van der Waals surface area contributed by atoms with Crippen molar-refractivity contribution in [2.75, 3.05) is 6.61 Å². The largest absolute Gasteiger partial charge is 0.466 e. The molecular formula is C12H12N4O2. The molecule has 0 spiro atoms. The first-order chi connectivity index (χ1) is 8.76. The highest BCUT2D eigenvalue weighted by Gasteiger charge is 2.11. The first-order valence-corrected chi connectivity index (χ1v) is 5.56. The van der Waals surface area contributed by atoms with Gasteiger partial charge in [0.05, 0.1) is 13.0 Å². The monoisotopic (exact) mass is 244 g/mol. The number of rotatable bonds is 4. The van der Waals surface area contributed by atoms with Crippen LogP contribution in [0.15, 0.2) is 29.5 Å². The number of aromatic amines is 1. The summed E-state index contributed by atoms with van der Waals surface area (Å²) < 4.78 is 4.91. The molecule has 0 amide bonds. The first kappa shape index (κ1) is 12.0. The van der Waals surface area contributed by atoms with Gasteiger partial charge >= 0.3 is 5.97 Å². The van der Waals surface area contributed by atoms with Gasteiger partial charge in [-0.05, 0) is 24.1 Å². The second-order valence-electron chi connectivity index (χ2n) is 3.68. The standard InChI is InChI=1S/C12H12N4O2/c1-2-18-11(17)6-8-7-14-9-4-3-5-10(12(8)9)15-16-13/h3-5,7,14H,2,6H2,1H3. The minimum Gasteiger partial charge on any atom is -0.466 e. The van der Waals surface area contributed by atoms with E-state index in [-0.39, 0.29) is 12.4 Å². The van der Waals surface area contributed by atoms with Gasteiger partial charge in [0, 0.05) is 27.7 Å². The fourth-order valence-corrected chi connectivity index (χ4v) is 1.87. The maximum absolute atomic E-state index is 11.5. The molecule has 2 rings (SSSR count). The van der Waals surface area contributed by atoms with Crippen molar-refractivity contribution in [3.05, 3.63) is 40.4 Å². The van der Waals surface area contributed by atoms with Crippen LogP contribution in [0.25, 0.3) is 21.3 Å². The van der Waals surface area contributed by atoms with Crippen molar-refractivity contribution in [2.24, 2.45) is 5.11 Å². The lowest BCUT2D eigenvalue weighted by Gasteiger charge is -2.02. The molecule has 0 bridgehead atoms. The molecule has 0 atom stereocenters. The number of hydrogen-bond acceptors (Lipinski definition) is 3. The molecule has 1 aromatic heterocycles. The van der Waals surface area contributed by atoms with E-state index in [1.54, 1.807) is 25.3 Å². The van der Waals surface area contributed by atoms with Crippen LogP contribution in [0.2, 0.25) is 0 Å². The lowest BCUT2D eigenvalue weighted by atomic mass is 10.1. The van der Waals surface area contributed by atoms with Gasteiger partial charge in [0.2, 0.25) is 0 Å². The van der Waals surface area contributed by atoms with Crippen molar-refractivity contribution in [1.82, 2.24) is 4.98 Å². The molecule has 2 aromatic rings. The predicted octanol–water partition coefficient (Wildman–Crippen LogP) is 3.22. The molecule has 1 heterocycles. The molecule has 18 heavy (non-hydrogen) atoms. The van der Waals surface area contributed by atoms with Crippen molar-refractivity contribution in [3.8, 4) is 0 Å². The highest BCUT2D eigenvalue weighted by molar-refractivity contribution is 5.95. The Bertz CT molecular complexity index is 626. The molecule has 0 aliphatic rings. The van der Waals surface area contributed by atoms with Crippen LogP contribution in [0.5, 0.6) is 0 Å². The Kier molecular flexibility index (Phi) is 3.50. The van der Waals surface area contributed by atoms with Crippen LogP contribution in [-0.2, 0) is 16.0 Å². The summed E-state index contributed by atoms with van der Waals surface area (Å²) in [7, 11) is 0. The molecule has 0 aliphatic carbocycles. The van der Waals surface area contributed by atoms with Gasteiger partial charge in [0.15, 0.2) is 0 Å². The van der Waals surface area contributed by atoms with Crippen LogP contribution in [0, 0.1) is 0 Å². The minimum atomic E-state index is -0.297. The number of aromatic nitrogens is 1. The Morgan fingerprint density at radius 1 is 1.56 bits per heavy atom. The summed E-state index contributed by atoms with van der Waals surface area (Å²) in [6.45, 7) is 2.11. The van der Waals surface area contributed by atoms with Crippen molar-refractivity contribution in [1.29, 1.82) is 0 Å². The van der Waals surface area contributed by atoms with Gasteiger partial charge in [-0.2, -0.15) is 0 Å². The molecule has 0 saturated heterocycles. The Balaban J connectivity index is 2.45.